The third-order valence-electron chi connectivity index (χ3n) is 3.69. The van der Waals surface area contributed by atoms with Gasteiger partial charge in [0.2, 0.25) is 0 Å². The second-order valence-electron chi connectivity index (χ2n) is 5.32. The standard InChI is InChI=1S/C16H15N5/c1-11-7-15(19-21-10-12(2)18-16(11)21)13-3-5-20-6-4-17-9-14(20)8-13/h3-5,7-10H,6H2,1-2H3. The van der Waals surface area contributed by atoms with Crippen LogP contribution in [-0.2, 0) is 0 Å². The summed E-state index contributed by atoms with van der Waals surface area (Å²) in [6.45, 7) is 4.87. The van der Waals surface area contributed by atoms with Crippen molar-refractivity contribution in [3.63, 3.8) is 0 Å². The fourth-order valence-electron chi connectivity index (χ4n) is 2.63. The molecule has 0 aliphatic carbocycles. The van der Waals surface area contributed by atoms with Gasteiger partial charge in [0.05, 0.1) is 36.0 Å². The van der Waals surface area contributed by atoms with Crippen molar-refractivity contribution in [2.75, 3.05) is 6.54 Å². The molecule has 0 unspecified atom stereocenters. The molecule has 2 aromatic rings. The van der Waals surface area contributed by atoms with Gasteiger partial charge in [-0.1, -0.05) is 0 Å². The summed E-state index contributed by atoms with van der Waals surface area (Å²) in [7, 11) is 0. The number of aryl methyl sites for hydroxylation is 2. The molecular formula is C16H15N5. The van der Waals surface area contributed by atoms with Crippen LogP contribution in [0, 0.1) is 13.8 Å². The number of fused-ring (bicyclic) bond motifs is 2. The van der Waals surface area contributed by atoms with Crippen LogP contribution in [-0.4, -0.2) is 32.3 Å². The number of allylic oxidation sites excluding steroid dienone is 3. The molecule has 0 radical (unpaired) electrons. The van der Waals surface area contributed by atoms with Gasteiger partial charge in [-0.2, -0.15) is 5.10 Å². The van der Waals surface area contributed by atoms with Gasteiger partial charge in [-0.3, -0.25) is 4.99 Å². The molecule has 0 N–H and O–H groups in total. The van der Waals surface area contributed by atoms with Crippen LogP contribution < -0.4 is 0 Å². The van der Waals surface area contributed by atoms with E-state index in [-0.39, 0.29) is 0 Å². The van der Waals surface area contributed by atoms with Gasteiger partial charge in [0.25, 0.3) is 0 Å². The first-order valence-corrected chi connectivity index (χ1v) is 6.93. The second-order valence-corrected chi connectivity index (χ2v) is 5.32. The van der Waals surface area contributed by atoms with Crippen LogP contribution in [0.1, 0.15) is 17.0 Å². The molecule has 0 saturated carbocycles. The number of hydrogen-bond donors (Lipinski definition) is 0. The lowest BCUT2D eigenvalue weighted by atomic mass is 10.1. The first-order valence-electron chi connectivity index (χ1n) is 6.93. The van der Waals surface area contributed by atoms with Crippen molar-refractivity contribution in [1.82, 2.24) is 19.5 Å². The van der Waals surface area contributed by atoms with Crippen LogP contribution in [0.15, 0.2) is 47.5 Å². The molecule has 0 atom stereocenters. The zero-order valence-electron chi connectivity index (χ0n) is 12.0. The topological polar surface area (TPSA) is 45.8 Å². The summed E-state index contributed by atoms with van der Waals surface area (Å²) < 4.78 is 1.86. The van der Waals surface area contributed by atoms with Crippen molar-refractivity contribution in [2.45, 2.75) is 13.8 Å². The summed E-state index contributed by atoms with van der Waals surface area (Å²) in [5.41, 5.74) is 6.15. The normalized spacial score (nSPS) is 17.0. The van der Waals surface area contributed by atoms with E-state index in [1.54, 1.807) is 0 Å². The summed E-state index contributed by atoms with van der Waals surface area (Å²) in [4.78, 5) is 10.9. The molecule has 5 heteroatoms. The number of rotatable bonds is 1. The van der Waals surface area contributed by atoms with Gasteiger partial charge in [0, 0.05) is 18.0 Å². The number of aromatic nitrogens is 3. The summed E-state index contributed by atoms with van der Waals surface area (Å²) in [5, 5.41) is 4.67. The summed E-state index contributed by atoms with van der Waals surface area (Å²) in [5.74, 6) is 0. The van der Waals surface area contributed by atoms with E-state index in [1.807, 2.05) is 30.1 Å². The lowest BCUT2D eigenvalue weighted by molar-refractivity contribution is 0.541. The Kier molecular flexibility index (Phi) is 2.54. The van der Waals surface area contributed by atoms with Crippen LogP contribution in [0.5, 0.6) is 0 Å². The highest BCUT2D eigenvalue weighted by Gasteiger charge is 2.15. The van der Waals surface area contributed by atoms with Gasteiger partial charge in [-0.05, 0) is 37.6 Å². The third-order valence-corrected chi connectivity index (χ3v) is 3.69. The molecule has 4 heterocycles. The van der Waals surface area contributed by atoms with Crippen molar-refractivity contribution in [3.05, 3.63) is 59.5 Å². The van der Waals surface area contributed by atoms with E-state index in [0.717, 1.165) is 40.4 Å². The molecule has 2 aromatic heterocycles. The predicted molar refractivity (Wildman–Crippen MR) is 82.9 cm³/mol. The fraction of sp³-hybridized carbons (Fsp3) is 0.188. The number of hydrogen-bond acceptors (Lipinski definition) is 4. The van der Waals surface area contributed by atoms with Gasteiger partial charge in [-0.15, -0.1) is 0 Å². The van der Waals surface area contributed by atoms with Gasteiger partial charge in [0.15, 0.2) is 5.65 Å². The highest BCUT2D eigenvalue weighted by molar-refractivity contribution is 5.77. The van der Waals surface area contributed by atoms with Crippen LogP contribution >= 0.6 is 0 Å². The largest absolute Gasteiger partial charge is 0.341 e. The molecule has 0 bridgehead atoms. The highest BCUT2D eigenvalue weighted by Crippen LogP contribution is 2.25. The second kappa shape index (κ2) is 4.41. The molecular weight excluding hydrogens is 262 g/mol. The molecule has 0 aromatic carbocycles. The summed E-state index contributed by atoms with van der Waals surface area (Å²) >= 11 is 0. The molecule has 21 heavy (non-hydrogen) atoms. The average Bonchev–Trinajstić information content (AvgIpc) is 2.88. The maximum absolute atomic E-state index is 4.67. The fourth-order valence-corrected chi connectivity index (χ4v) is 2.63. The lowest BCUT2D eigenvalue weighted by Crippen LogP contribution is -2.22. The van der Waals surface area contributed by atoms with Crippen molar-refractivity contribution in [3.8, 4) is 0 Å². The molecule has 0 spiro atoms. The minimum Gasteiger partial charge on any atom is -0.341 e. The molecule has 4 rings (SSSR count). The highest BCUT2D eigenvalue weighted by atomic mass is 15.3. The van der Waals surface area contributed by atoms with Crippen molar-refractivity contribution in [2.24, 2.45) is 4.99 Å². The minimum absolute atomic E-state index is 0.818. The molecule has 2 aliphatic heterocycles. The quantitative estimate of drug-likeness (QED) is 0.804. The number of aliphatic imine (C=N–C) groups is 1. The zero-order valence-corrected chi connectivity index (χ0v) is 12.0. The SMILES string of the molecule is Cc1cn2nc(C3=CC4=CN=CCN4C=C3)cc(C)c2n1. The summed E-state index contributed by atoms with van der Waals surface area (Å²) in [6.07, 6.45) is 12.0. The first kappa shape index (κ1) is 12.1. The molecule has 0 saturated heterocycles. The minimum atomic E-state index is 0.818. The molecule has 5 nitrogen and oxygen atoms in total. The Labute approximate surface area is 122 Å². The predicted octanol–water partition coefficient (Wildman–Crippen LogP) is 2.48. The van der Waals surface area contributed by atoms with Gasteiger partial charge < -0.3 is 4.90 Å². The third kappa shape index (κ3) is 1.98. The van der Waals surface area contributed by atoms with E-state index in [1.165, 1.54) is 0 Å². The Balaban J connectivity index is 1.83. The van der Waals surface area contributed by atoms with Gasteiger partial charge in [-0.25, -0.2) is 9.50 Å². The van der Waals surface area contributed by atoms with Gasteiger partial charge >= 0.3 is 0 Å². The Bertz CT molecular complexity index is 851. The van der Waals surface area contributed by atoms with Crippen molar-refractivity contribution >= 4 is 17.4 Å². The lowest BCUT2D eigenvalue weighted by Gasteiger charge is -2.25. The Morgan fingerprint density at radius 2 is 2.14 bits per heavy atom. The first-order chi connectivity index (χ1) is 10.2. The van der Waals surface area contributed by atoms with Gasteiger partial charge in [0.1, 0.15) is 0 Å². The molecule has 0 fully saturated rings. The summed E-state index contributed by atoms with van der Waals surface area (Å²) in [6, 6.07) is 2.08. The average molecular weight is 277 g/mol. The Hall–Kier alpha value is -2.69. The molecule has 0 amide bonds. The van der Waals surface area contributed by atoms with Crippen LogP contribution in [0.4, 0.5) is 0 Å². The van der Waals surface area contributed by atoms with E-state index >= 15 is 0 Å². The van der Waals surface area contributed by atoms with E-state index < -0.39 is 0 Å². The van der Waals surface area contributed by atoms with E-state index in [4.69, 9.17) is 0 Å². The Morgan fingerprint density at radius 1 is 1.24 bits per heavy atom. The maximum Gasteiger partial charge on any atom is 0.156 e. The number of nitrogens with zero attached hydrogens (tertiary/aromatic N) is 5. The molecule has 2 aliphatic rings. The van der Waals surface area contributed by atoms with Crippen LogP contribution in [0.25, 0.3) is 11.2 Å². The maximum atomic E-state index is 4.67. The molecule has 104 valence electrons. The van der Waals surface area contributed by atoms with E-state index in [2.05, 4.69) is 51.3 Å². The smallest absolute Gasteiger partial charge is 0.156 e. The monoisotopic (exact) mass is 277 g/mol. The Morgan fingerprint density at radius 3 is 3.05 bits per heavy atom. The van der Waals surface area contributed by atoms with Crippen LogP contribution in [0.2, 0.25) is 0 Å². The van der Waals surface area contributed by atoms with E-state index in [9.17, 15) is 0 Å². The van der Waals surface area contributed by atoms with Crippen molar-refractivity contribution in [1.29, 1.82) is 0 Å². The number of imidazole rings is 1. The van der Waals surface area contributed by atoms with Crippen molar-refractivity contribution < 1.29 is 0 Å². The zero-order chi connectivity index (χ0) is 14.4. The van der Waals surface area contributed by atoms with Crippen LogP contribution in [0.3, 0.4) is 0 Å². The van der Waals surface area contributed by atoms with E-state index in [0.29, 0.717) is 0 Å².